The standard InChI is InChI=1S/C26H21N3O5S/c27-13-22-21(19-5-8-33-15-19)12-23(18-1-3-20(4-2-18)29-6-9-32-10-7-29)28-25(22)34-14-17-11-24(26(30)31)35-16-17/h1-5,8,11-12,15-16H,6-7,9-10,14H2,(H,30,31). The molecule has 3 aromatic heterocycles. The normalized spacial score (nSPS) is 13.4. The summed E-state index contributed by atoms with van der Waals surface area (Å²) in [4.78, 5) is 18.4. The molecular weight excluding hydrogens is 466 g/mol. The smallest absolute Gasteiger partial charge is 0.345 e. The van der Waals surface area contributed by atoms with Gasteiger partial charge in [-0.2, -0.15) is 5.26 Å². The highest BCUT2D eigenvalue weighted by Crippen LogP contribution is 2.34. The van der Waals surface area contributed by atoms with Crippen molar-refractivity contribution in [3.63, 3.8) is 0 Å². The van der Waals surface area contributed by atoms with Gasteiger partial charge in [-0.05, 0) is 35.7 Å². The van der Waals surface area contributed by atoms with Crippen LogP contribution in [-0.4, -0.2) is 42.4 Å². The Morgan fingerprint density at radius 3 is 2.63 bits per heavy atom. The number of hydrogen-bond donors (Lipinski definition) is 1. The van der Waals surface area contributed by atoms with Crippen molar-refractivity contribution in [1.29, 1.82) is 5.26 Å². The van der Waals surface area contributed by atoms with Crippen molar-refractivity contribution in [2.45, 2.75) is 6.61 Å². The Balaban J connectivity index is 1.49. The molecule has 1 aliphatic rings. The highest BCUT2D eigenvalue weighted by atomic mass is 32.1. The lowest BCUT2D eigenvalue weighted by atomic mass is 10.0. The van der Waals surface area contributed by atoms with Gasteiger partial charge in [-0.3, -0.25) is 0 Å². The lowest BCUT2D eigenvalue weighted by Crippen LogP contribution is -2.36. The van der Waals surface area contributed by atoms with Gasteiger partial charge in [-0.15, -0.1) is 11.3 Å². The van der Waals surface area contributed by atoms with Crippen molar-refractivity contribution in [3.8, 4) is 34.3 Å². The van der Waals surface area contributed by atoms with E-state index in [1.165, 1.54) is 0 Å². The zero-order valence-corrected chi connectivity index (χ0v) is 19.5. The van der Waals surface area contributed by atoms with E-state index in [-0.39, 0.29) is 22.9 Å². The summed E-state index contributed by atoms with van der Waals surface area (Å²) in [6, 6.07) is 15.5. The molecule has 9 heteroatoms. The molecule has 1 fully saturated rings. The van der Waals surface area contributed by atoms with Crippen LogP contribution in [0.5, 0.6) is 5.88 Å². The molecule has 35 heavy (non-hydrogen) atoms. The Kier molecular flexibility index (Phi) is 6.48. The average molecular weight is 488 g/mol. The Bertz CT molecular complexity index is 1370. The zero-order valence-electron chi connectivity index (χ0n) is 18.6. The maximum atomic E-state index is 11.2. The molecule has 0 radical (unpaired) electrons. The predicted octanol–water partition coefficient (Wildman–Crippen LogP) is 5.06. The van der Waals surface area contributed by atoms with Gasteiger partial charge in [0.25, 0.3) is 0 Å². The van der Waals surface area contributed by atoms with Gasteiger partial charge in [-0.25, -0.2) is 9.78 Å². The van der Waals surface area contributed by atoms with Gasteiger partial charge in [0.1, 0.15) is 23.1 Å². The second-order valence-corrected chi connectivity index (χ2v) is 8.83. The molecule has 0 bridgehead atoms. The summed E-state index contributed by atoms with van der Waals surface area (Å²) >= 11 is 1.13. The molecule has 176 valence electrons. The highest BCUT2D eigenvalue weighted by Gasteiger charge is 2.19. The van der Waals surface area contributed by atoms with E-state index in [0.717, 1.165) is 41.2 Å². The fraction of sp³-hybridized carbons (Fsp3) is 0.192. The molecule has 0 aliphatic carbocycles. The monoisotopic (exact) mass is 487 g/mol. The maximum Gasteiger partial charge on any atom is 0.345 e. The Hall–Kier alpha value is -4.13. The number of thiophene rings is 1. The maximum absolute atomic E-state index is 11.2. The molecule has 0 spiro atoms. The number of benzene rings is 1. The van der Waals surface area contributed by atoms with E-state index < -0.39 is 5.97 Å². The quantitative estimate of drug-likeness (QED) is 0.386. The molecule has 1 aliphatic heterocycles. The van der Waals surface area contributed by atoms with E-state index in [4.69, 9.17) is 19.0 Å². The summed E-state index contributed by atoms with van der Waals surface area (Å²) in [5, 5.41) is 20.8. The summed E-state index contributed by atoms with van der Waals surface area (Å²) in [7, 11) is 0. The molecule has 8 nitrogen and oxygen atoms in total. The largest absolute Gasteiger partial charge is 0.477 e. The van der Waals surface area contributed by atoms with Crippen molar-refractivity contribution in [3.05, 3.63) is 76.4 Å². The van der Waals surface area contributed by atoms with E-state index in [0.29, 0.717) is 30.0 Å². The summed E-state index contributed by atoms with van der Waals surface area (Å²) in [5.41, 5.74) is 5.02. The van der Waals surface area contributed by atoms with Gasteiger partial charge >= 0.3 is 5.97 Å². The number of furan rings is 1. The van der Waals surface area contributed by atoms with Gasteiger partial charge in [0.15, 0.2) is 0 Å². The van der Waals surface area contributed by atoms with Gasteiger partial charge in [-0.1, -0.05) is 12.1 Å². The molecule has 4 heterocycles. The van der Waals surface area contributed by atoms with Crippen molar-refractivity contribution in [1.82, 2.24) is 4.98 Å². The van der Waals surface area contributed by atoms with Gasteiger partial charge in [0.2, 0.25) is 5.88 Å². The van der Waals surface area contributed by atoms with Crippen LogP contribution >= 0.6 is 11.3 Å². The summed E-state index contributed by atoms with van der Waals surface area (Å²) < 4.78 is 16.6. The zero-order chi connectivity index (χ0) is 24.2. The number of ether oxygens (including phenoxy) is 2. The number of hydrogen-bond acceptors (Lipinski definition) is 8. The Morgan fingerprint density at radius 1 is 1.17 bits per heavy atom. The van der Waals surface area contributed by atoms with Gasteiger partial charge < -0.3 is 23.9 Å². The number of carboxylic acids is 1. The van der Waals surface area contributed by atoms with Crippen LogP contribution in [0.4, 0.5) is 5.69 Å². The van der Waals surface area contributed by atoms with Crippen molar-refractivity contribution in [2.24, 2.45) is 0 Å². The molecule has 0 atom stereocenters. The number of nitriles is 1. The second-order valence-electron chi connectivity index (χ2n) is 7.92. The van der Waals surface area contributed by atoms with Crippen molar-refractivity contribution >= 4 is 23.0 Å². The number of carbonyl (C=O) groups is 1. The minimum Gasteiger partial charge on any atom is -0.477 e. The molecule has 0 amide bonds. The topological polar surface area (TPSA) is 109 Å². The Morgan fingerprint density at radius 2 is 1.97 bits per heavy atom. The fourth-order valence-electron chi connectivity index (χ4n) is 3.91. The molecule has 4 aromatic rings. The van der Waals surface area contributed by atoms with E-state index in [2.05, 4.69) is 28.1 Å². The number of carboxylic acid groups (broad SMARTS) is 1. The third kappa shape index (κ3) is 4.89. The van der Waals surface area contributed by atoms with Crippen molar-refractivity contribution in [2.75, 3.05) is 31.2 Å². The number of rotatable bonds is 7. The van der Waals surface area contributed by atoms with Crippen LogP contribution in [0.2, 0.25) is 0 Å². The second kappa shape index (κ2) is 10.0. The first-order chi connectivity index (χ1) is 17.1. The molecule has 1 aromatic carbocycles. The predicted molar refractivity (Wildman–Crippen MR) is 131 cm³/mol. The SMILES string of the molecule is N#Cc1c(-c2ccoc2)cc(-c2ccc(N3CCOCC3)cc2)nc1OCc1csc(C(=O)O)c1. The first kappa shape index (κ1) is 22.7. The molecular formula is C26H21N3O5S. The minimum absolute atomic E-state index is 0.0930. The molecule has 1 N–H and O–H groups in total. The number of pyridine rings is 1. The Labute approximate surface area is 205 Å². The van der Waals surface area contributed by atoms with Crippen molar-refractivity contribution < 1.29 is 23.8 Å². The first-order valence-electron chi connectivity index (χ1n) is 11.0. The van der Waals surface area contributed by atoms with E-state index in [1.807, 2.05) is 18.2 Å². The van der Waals surface area contributed by atoms with Crippen LogP contribution in [0, 0.1) is 11.3 Å². The van der Waals surface area contributed by atoms with E-state index >= 15 is 0 Å². The van der Waals surface area contributed by atoms with Crippen LogP contribution in [0.15, 0.2) is 64.8 Å². The summed E-state index contributed by atoms with van der Waals surface area (Å²) in [6.45, 7) is 3.22. The number of anilines is 1. The van der Waals surface area contributed by atoms with Gasteiger partial charge in [0.05, 0.1) is 31.4 Å². The van der Waals surface area contributed by atoms with E-state index in [1.54, 1.807) is 30.0 Å². The number of aromatic nitrogens is 1. The van der Waals surface area contributed by atoms with E-state index in [9.17, 15) is 10.1 Å². The van der Waals surface area contributed by atoms with Crippen LogP contribution in [0.3, 0.4) is 0 Å². The molecule has 0 saturated carbocycles. The minimum atomic E-state index is -0.984. The lowest BCUT2D eigenvalue weighted by molar-refractivity contribution is 0.0702. The molecule has 5 rings (SSSR count). The molecule has 1 saturated heterocycles. The first-order valence-corrected chi connectivity index (χ1v) is 11.8. The summed E-state index contributed by atoms with van der Waals surface area (Å²) in [5.74, 6) is -0.802. The van der Waals surface area contributed by atoms with Crippen LogP contribution in [0.25, 0.3) is 22.4 Å². The number of nitrogens with zero attached hydrogens (tertiary/aromatic N) is 3. The fourth-order valence-corrected chi connectivity index (χ4v) is 4.64. The van der Waals surface area contributed by atoms with Crippen LogP contribution in [0.1, 0.15) is 20.8 Å². The number of aromatic carboxylic acids is 1. The third-order valence-electron chi connectivity index (χ3n) is 5.71. The summed E-state index contributed by atoms with van der Waals surface area (Å²) in [6.07, 6.45) is 3.12. The number of morpholine rings is 1. The average Bonchev–Trinajstić information content (AvgIpc) is 3.60. The third-order valence-corrected chi connectivity index (χ3v) is 6.68. The van der Waals surface area contributed by atoms with Crippen LogP contribution in [-0.2, 0) is 11.3 Å². The molecule has 0 unspecified atom stereocenters. The van der Waals surface area contributed by atoms with Crippen LogP contribution < -0.4 is 9.64 Å². The lowest BCUT2D eigenvalue weighted by Gasteiger charge is -2.28. The highest BCUT2D eigenvalue weighted by molar-refractivity contribution is 7.12. The van der Waals surface area contributed by atoms with Gasteiger partial charge in [0, 0.05) is 41.0 Å².